The van der Waals surface area contributed by atoms with Crippen molar-refractivity contribution in [3.8, 4) is 5.75 Å². The first kappa shape index (κ1) is 15.3. The molecule has 0 spiro atoms. The molecule has 0 saturated heterocycles. The van der Waals surface area contributed by atoms with E-state index in [0.717, 1.165) is 6.42 Å². The van der Waals surface area contributed by atoms with Gasteiger partial charge in [0, 0.05) is 13.0 Å². The molecule has 0 aromatic heterocycles. The summed E-state index contributed by atoms with van der Waals surface area (Å²) in [5.74, 6) is 1.15. The first-order chi connectivity index (χ1) is 10.2. The molecule has 1 aliphatic carbocycles. The normalized spacial score (nSPS) is 21.7. The van der Waals surface area contributed by atoms with Crippen molar-refractivity contribution in [2.24, 2.45) is 0 Å². The number of aromatic carboxylic acids is 1. The molecule has 0 amide bonds. The van der Waals surface area contributed by atoms with Gasteiger partial charge in [0.15, 0.2) is 0 Å². The van der Waals surface area contributed by atoms with Crippen molar-refractivity contribution in [2.75, 3.05) is 6.61 Å². The van der Waals surface area contributed by atoms with Crippen LogP contribution in [-0.2, 0) is 9.53 Å². The predicted octanol–water partition coefficient (Wildman–Crippen LogP) is 2.48. The van der Waals surface area contributed by atoms with Gasteiger partial charge in [0.2, 0.25) is 0 Å². The molecule has 1 aromatic rings. The monoisotopic (exact) mass is 290 g/mol. The van der Waals surface area contributed by atoms with E-state index in [1.807, 2.05) is 12.9 Å². The lowest BCUT2D eigenvalue weighted by atomic mass is 9.90. The Bertz CT molecular complexity index is 560. The van der Waals surface area contributed by atoms with Crippen molar-refractivity contribution in [3.05, 3.63) is 35.4 Å². The van der Waals surface area contributed by atoms with Gasteiger partial charge in [0.05, 0.1) is 11.7 Å². The number of rotatable bonds is 5. The molecule has 112 valence electrons. The van der Waals surface area contributed by atoms with E-state index in [4.69, 9.17) is 14.6 Å². The van der Waals surface area contributed by atoms with Gasteiger partial charge >= 0.3 is 5.97 Å². The summed E-state index contributed by atoms with van der Waals surface area (Å²) in [6.45, 7) is 2.51. The van der Waals surface area contributed by atoms with E-state index < -0.39 is 12.1 Å². The van der Waals surface area contributed by atoms with E-state index >= 15 is 0 Å². The maximum atomic E-state index is 11.2. The van der Waals surface area contributed by atoms with Gasteiger partial charge in [-0.1, -0.05) is 12.1 Å². The maximum Gasteiger partial charge on any atom is 0.339 e. The molecule has 2 rings (SSSR count). The average Bonchev–Trinajstić information content (AvgIpc) is 2.49. The molecule has 2 unspecified atom stereocenters. The lowest BCUT2D eigenvalue weighted by molar-refractivity contribution is 0.0305. The van der Waals surface area contributed by atoms with Crippen LogP contribution in [0.3, 0.4) is 0 Å². The van der Waals surface area contributed by atoms with E-state index in [1.54, 1.807) is 18.2 Å². The van der Waals surface area contributed by atoms with Crippen molar-refractivity contribution < 1.29 is 24.2 Å². The number of ether oxygens (including phenoxy) is 2. The zero-order valence-corrected chi connectivity index (χ0v) is 11.9. The lowest BCUT2D eigenvalue weighted by Gasteiger charge is -2.29. The van der Waals surface area contributed by atoms with Crippen molar-refractivity contribution >= 4 is 11.9 Å². The first-order valence-electron chi connectivity index (χ1n) is 7.00. The summed E-state index contributed by atoms with van der Waals surface area (Å²) in [5.41, 5.74) is 0.592. The second-order valence-corrected chi connectivity index (χ2v) is 4.89. The van der Waals surface area contributed by atoms with Gasteiger partial charge < -0.3 is 14.6 Å². The number of carbonyl (C=O) groups is 1. The van der Waals surface area contributed by atoms with Gasteiger partial charge in [-0.25, -0.2) is 9.59 Å². The van der Waals surface area contributed by atoms with Crippen LogP contribution in [-0.4, -0.2) is 35.8 Å². The van der Waals surface area contributed by atoms with Crippen LogP contribution in [0.4, 0.5) is 0 Å². The number of carboxylic acid groups (broad SMARTS) is 1. The zero-order chi connectivity index (χ0) is 15.2. The molecule has 1 fully saturated rings. The third-order valence-corrected chi connectivity index (χ3v) is 3.51. The Morgan fingerprint density at radius 2 is 2.14 bits per heavy atom. The molecule has 0 aliphatic heterocycles. The van der Waals surface area contributed by atoms with Crippen LogP contribution in [0, 0.1) is 0 Å². The third-order valence-electron chi connectivity index (χ3n) is 3.51. The van der Waals surface area contributed by atoms with Crippen molar-refractivity contribution in [1.29, 1.82) is 0 Å². The van der Waals surface area contributed by atoms with Crippen molar-refractivity contribution in [3.63, 3.8) is 0 Å². The Kier molecular flexibility index (Phi) is 5.14. The summed E-state index contributed by atoms with van der Waals surface area (Å²) < 4.78 is 11.3. The minimum atomic E-state index is -1.05. The number of hydrogen-bond acceptors (Lipinski definition) is 4. The van der Waals surface area contributed by atoms with Gasteiger partial charge in [-0.15, -0.1) is 0 Å². The molecular formula is C16H18O5. The Morgan fingerprint density at radius 1 is 1.38 bits per heavy atom. The molecule has 0 radical (unpaired) electrons. The van der Waals surface area contributed by atoms with Gasteiger partial charge in [-0.2, -0.15) is 0 Å². The summed E-state index contributed by atoms with van der Waals surface area (Å²) in [6.07, 6.45) is 1.46. The number of carboxylic acids is 1. The van der Waals surface area contributed by atoms with Crippen LogP contribution in [0.2, 0.25) is 0 Å². The van der Waals surface area contributed by atoms with E-state index in [1.165, 1.54) is 6.07 Å². The minimum Gasteiger partial charge on any atom is -0.484 e. The first-order valence-corrected chi connectivity index (χ1v) is 7.00. The molecule has 1 aromatic carbocycles. The van der Waals surface area contributed by atoms with Gasteiger partial charge in [0.25, 0.3) is 0 Å². The Hall–Kier alpha value is -2.10. The second-order valence-electron chi connectivity index (χ2n) is 4.89. The van der Waals surface area contributed by atoms with Crippen LogP contribution in [0.15, 0.2) is 29.8 Å². The molecule has 1 aliphatic rings. The highest BCUT2D eigenvalue weighted by Crippen LogP contribution is 2.29. The number of benzene rings is 1. The van der Waals surface area contributed by atoms with Gasteiger partial charge in [0.1, 0.15) is 23.4 Å². The molecule has 21 heavy (non-hydrogen) atoms. The van der Waals surface area contributed by atoms with E-state index in [-0.39, 0.29) is 17.4 Å². The highest BCUT2D eigenvalue weighted by molar-refractivity contribution is 5.90. The van der Waals surface area contributed by atoms with E-state index in [9.17, 15) is 9.59 Å². The van der Waals surface area contributed by atoms with Crippen LogP contribution in [0.5, 0.6) is 5.75 Å². The second kappa shape index (κ2) is 7.07. The van der Waals surface area contributed by atoms with Crippen LogP contribution < -0.4 is 4.74 Å². The third kappa shape index (κ3) is 3.72. The van der Waals surface area contributed by atoms with Crippen LogP contribution >= 0.6 is 0 Å². The molecule has 5 nitrogen and oxygen atoms in total. The molecular weight excluding hydrogens is 272 g/mol. The molecule has 5 heteroatoms. The number of carbonyl (C=O) groups excluding carboxylic acids is 1. The molecule has 1 saturated carbocycles. The Balaban J connectivity index is 2.13. The molecule has 1 N–H and O–H groups in total. The SMILES string of the molecule is CCOC1CCC(Oc2ccccc2C(=O)O)C(=C=O)C1. The standard InChI is InChI=1S/C16H18O5/c1-2-20-12-7-8-14(11(9-12)10-17)21-15-6-4-3-5-13(15)16(18)19/h3-6,12,14H,2,7-9H2,1H3,(H,18,19). The highest BCUT2D eigenvalue weighted by Gasteiger charge is 2.29. The van der Waals surface area contributed by atoms with Gasteiger partial charge in [-0.05, 0) is 31.9 Å². The molecule has 0 heterocycles. The minimum absolute atomic E-state index is 0.0148. The summed E-state index contributed by atoms with van der Waals surface area (Å²) in [4.78, 5) is 22.3. The summed E-state index contributed by atoms with van der Waals surface area (Å²) in [7, 11) is 0. The molecule has 0 bridgehead atoms. The van der Waals surface area contributed by atoms with Crippen LogP contribution in [0.1, 0.15) is 36.5 Å². The average molecular weight is 290 g/mol. The largest absolute Gasteiger partial charge is 0.484 e. The van der Waals surface area contributed by atoms with Crippen molar-refractivity contribution in [2.45, 2.75) is 38.4 Å². The fourth-order valence-corrected chi connectivity index (χ4v) is 2.51. The zero-order valence-electron chi connectivity index (χ0n) is 11.9. The summed E-state index contributed by atoms with van der Waals surface area (Å²) >= 11 is 0. The summed E-state index contributed by atoms with van der Waals surface area (Å²) in [5, 5.41) is 9.15. The Labute approximate surface area is 123 Å². The van der Waals surface area contributed by atoms with Gasteiger partial charge in [-0.3, -0.25) is 0 Å². The quantitative estimate of drug-likeness (QED) is 0.843. The van der Waals surface area contributed by atoms with Crippen molar-refractivity contribution in [1.82, 2.24) is 0 Å². The predicted molar refractivity (Wildman–Crippen MR) is 76.3 cm³/mol. The lowest BCUT2D eigenvalue weighted by Crippen LogP contribution is -2.31. The maximum absolute atomic E-state index is 11.2. The number of hydrogen-bond donors (Lipinski definition) is 1. The fraction of sp³-hybridized carbons (Fsp3) is 0.438. The topological polar surface area (TPSA) is 72.8 Å². The highest BCUT2D eigenvalue weighted by atomic mass is 16.5. The Morgan fingerprint density at radius 3 is 2.81 bits per heavy atom. The number of para-hydroxylation sites is 1. The van der Waals surface area contributed by atoms with Crippen LogP contribution in [0.25, 0.3) is 0 Å². The smallest absolute Gasteiger partial charge is 0.339 e. The summed E-state index contributed by atoms with van der Waals surface area (Å²) in [6, 6.07) is 6.42. The molecule has 2 atom stereocenters. The fourth-order valence-electron chi connectivity index (χ4n) is 2.51. The van der Waals surface area contributed by atoms with E-state index in [2.05, 4.69) is 0 Å². The van der Waals surface area contributed by atoms with E-state index in [0.29, 0.717) is 25.0 Å².